The number of hydrazine groups is 1. The Balaban J connectivity index is 2.00. The first-order chi connectivity index (χ1) is 11.3. The molecule has 0 saturated carbocycles. The monoisotopic (exact) mass is 388 g/mol. The number of anilines is 2. The van der Waals surface area contributed by atoms with Gasteiger partial charge in [-0.3, -0.25) is 4.40 Å². The van der Waals surface area contributed by atoms with Crippen molar-refractivity contribution in [2.75, 3.05) is 17.3 Å². The van der Waals surface area contributed by atoms with Crippen LogP contribution in [0.4, 0.5) is 11.4 Å². The van der Waals surface area contributed by atoms with Gasteiger partial charge in [0.1, 0.15) is 6.33 Å². The molecule has 3 aromatic rings. The number of nitrogen functional groups attached to an aromatic ring is 1. The SMILES string of the molecule is CC(C)(C)CN(N)c1ccc(-c2ccc3nncn3c2)c(Br)c1N. The molecule has 0 aliphatic heterocycles. The lowest BCUT2D eigenvalue weighted by Crippen LogP contribution is -2.38. The maximum atomic E-state index is 6.33. The van der Waals surface area contributed by atoms with Crippen LogP contribution in [0.1, 0.15) is 20.8 Å². The highest BCUT2D eigenvalue weighted by Crippen LogP contribution is 2.38. The molecular weight excluding hydrogens is 368 g/mol. The number of benzene rings is 1. The molecule has 0 radical (unpaired) electrons. The van der Waals surface area contributed by atoms with Crippen molar-refractivity contribution in [3.63, 3.8) is 0 Å². The van der Waals surface area contributed by atoms with Crippen molar-refractivity contribution >= 4 is 33.0 Å². The summed E-state index contributed by atoms with van der Waals surface area (Å²) in [6.45, 7) is 7.12. The summed E-state index contributed by atoms with van der Waals surface area (Å²) in [7, 11) is 0. The summed E-state index contributed by atoms with van der Waals surface area (Å²) in [5.41, 5.74) is 10.7. The standard InChI is InChI=1S/C17H21BrN6/c1-17(2,3)9-24(20)13-6-5-12(15(18)16(13)19)11-4-7-14-22-21-10-23(14)8-11/h4-8,10H,9,19-20H2,1-3H3. The summed E-state index contributed by atoms with van der Waals surface area (Å²) in [5.74, 6) is 6.21. The van der Waals surface area contributed by atoms with Crippen molar-refractivity contribution in [2.24, 2.45) is 11.3 Å². The average Bonchev–Trinajstić information content (AvgIpc) is 2.95. The molecule has 24 heavy (non-hydrogen) atoms. The summed E-state index contributed by atoms with van der Waals surface area (Å²) >= 11 is 3.62. The molecule has 3 rings (SSSR count). The molecule has 1 aromatic carbocycles. The van der Waals surface area contributed by atoms with Gasteiger partial charge in [0, 0.05) is 12.7 Å². The number of nitrogens with zero attached hydrogens (tertiary/aromatic N) is 4. The molecule has 0 saturated heterocycles. The second-order valence-electron chi connectivity index (χ2n) is 7.06. The second kappa shape index (κ2) is 6.07. The van der Waals surface area contributed by atoms with E-state index in [0.717, 1.165) is 26.9 Å². The van der Waals surface area contributed by atoms with Gasteiger partial charge in [0.2, 0.25) is 0 Å². The number of hydrogen-bond acceptors (Lipinski definition) is 5. The van der Waals surface area contributed by atoms with Gasteiger partial charge in [-0.1, -0.05) is 26.8 Å². The van der Waals surface area contributed by atoms with E-state index in [4.69, 9.17) is 11.6 Å². The maximum Gasteiger partial charge on any atom is 0.160 e. The van der Waals surface area contributed by atoms with Crippen molar-refractivity contribution in [3.05, 3.63) is 41.3 Å². The normalized spacial score (nSPS) is 11.9. The number of fused-ring (bicyclic) bond motifs is 1. The Labute approximate surface area is 149 Å². The molecule has 126 valence electrons. The van der Waals surface area contributed by atoms with E-state index in [0.29, 0.717) is 12.2 Å². The molecule has 2 aromatic heterocycles. The average molecular weight is 389 g/mol. The third-order valence-corrected chi connectivity index (χ3v) is 4.57. The van der Waals surface area contributed by atoms with Crippen molar-refractivity contribution < 1.29 is 0 Å². The zero-order chi connectivity index (χ0) is 17.5. The van der Waals surface area contributed by atoms with Gasteiger partial charge in [0.15, 0.2) is 5.65 Å². The molecule has 0 aliphatic carbocycles. The van der Waals surface area contributed by atoms with Crippen molar-refractivity contribution in [1.82, 2.24) is 14.6 Å². The van der Waals surface area contributed by atoms with Gasteiger partial charge in [-0.15, -0.1) is 10.2 Å². The van der Waals surface area contributed by atoms with Crippen LogP contribution in [0, 0.1) is 5.41 Å². The van der Waals surface area contributed by atoms with Crippen LogP contribution in [0.5, 0.6) is 0 Å². The molecule has 0 bridgehead atoms. The van der Waals surface area contributed by atoms with Gasteiger partial charge in [0.05, 0.1) is 15.8 Å². The van der Waals surface area contributed by atoms with Crippen LogP contribution in [0.2, 0.25) is 0 Å². The molecule has 6 nitrogen and oxygen atoms in total. The van der Waals surface area contributed by atoms with Crippen LogP contribution in [-0.4, -0.2) is 21.1 Å². The lowest BCUT2D eigenvalue weighted by atomic mass is 9.96. The summed E-state index contributed by atoms with van der Waals surface area (Å²) in [4.78, 5) is 0. The first-order valence-corrected chi connectivity index (χ1v) is 8.45. The Morgan fingerprint density at radius 3 is 2.67 bits per heavy atom. The minimum Gasteiger partial charge on any atom is -0.396 e. The quantitative estimate of drug-likeness (QED) is 0.407. The predicted octanol–water partition coefficient (Wildman–Crippen LogP) is 3.47. The fourth-order valence-corrected chi connectivity index (χ4v) is 3.20. The molecule has 0 aliphatic rings. The predicted molar refractivity (Wildman–Crippen MR) is 102 cm³/mol. The molecular formula is C17H21BrN6. The highest BCUT2D eigenvalue weighted by Gasteiger charge is 2.18. The fourth-order valence-electron chi connectivity index (χ4n) is 2.64. The van der Waals surface area contributed by atoms with Crippen LogP contribution < -0.4 is 16.6 Å². The number of rotatable bonds is 3. The smallest absolute Gasteiger partial charge is 0.160 e. The van der Waals surface area contributed by atoms with Crippen LogP contribution in [0.15, 0.2) is 41.3 Å². The summed E-state index contributed by atoms with van der Waals surface area (Å²) in [6.07, 6.45) is 3.65. The number of halogens is 1. The minimum atomic E-state index is 0.0752. The van der Waals surface area contributed by atoms with Gasteiger partial charge in [0.25, 0.3) is 0 Å². The van der Waals surface area contributed by atoms with Gasteiger partial charge < -0.3 is 10.7 Å². The van der Waals surface area contributed by atoms with Gasteiger partial charge in [-0.2, -0.15) is 0 Å². The van der Waals surface area contributed by atoms with E-state index in [1.807, 2.05) is 34.9 Å². The first-order valence-electron chi connectivity index (χ1n) is 7.66. The molecule has 0 fully saturated rings. The molecule has 0 unspecified atom stereocenters. The second-order valence-corrected chi connectivity index (χ2v) is 7.86. The molecule has 0 amide bonds. The minimum absolute atomic E-state index is 0.0752. The van der Waals surface area contributed by atoms with E-state index in [2.05, 4.69) is 46.9 Å². The number of hydrogen-bond donors (Lipinski definition) is 2. The van der Waals surface area contributed by atoms with E-state index in [9.17, 15) is 0 Å². The zero-order valence-corrected chi connectivity index (χ0v) is 15.6. The highest BCUT2D eigenvalue weighted by molar-refractivity contribution is 9.10. The highest BCUT2D eigenvalue weighted by atomic mass is 79.9. The third kappa shape index (κ3) is 3.22. The largest absolute Gasteiger partial charge is 0.396 e. The lowest BCUT2D eigenvalue weighted by molar-refractivity contribution is 0.412. The molecule has 2 heterocycles. The Bertz CT molecular complexity index is 880. The summed E-state index contributed by atoms with van der Waals surface area (Å²) in [6, 6.07) is 7.90. The summed E-state index contributed by atoms with van der Waals surface area (Å²) < 4.78 is 2.71. The molecule has 0 atom stereocenters. The van der Waals surface area contributed by atoms with Crippen molar-refractivity contribution in [2.45, 2.75) is 20.8 Å². The topological polar surface area (TPSA) is 85.5 Å². The number of aromatic nitrogens is 3. The Morgan fingerprint density at radius 2 is 1.96 bits per heavy atom. The van der Waals surface area contributed by atoms with Crippen LogP contribution in [0.3, 0.4) is 0 Å². The van der Waals surface area contributed by atoms with E-state index in [1.54, 1.807) is 11.3 Å². The Kier molecular flexibility index (Phi) is 4.23. The van der Waals surface area contributed by atoms with Crippen molar-refractivity contribution in [1.29, 1.82) is 0 Å². The van der Waals surface area contributed by atoms with E-state index in [-0.39, 0.29) is 5.41 Å². The zero-order valence-electron chi connectivity index (χ0n) is 14.0. The van der Waals surface area contributed by atoms with E-state index in [1.165, 1.54) is 0 Å². The molecule has 4 N–H and O–H groups in total. The van der Waals surface area contributed by atoms with Gasteiger partial charge in [-0.05, 0) is 50.7 Å². The first kappa shape index (κ1) is 16.7. The Hall–Kier alpha value is -2.12. The van der Waals surface area contributed by atoms with Crippen molar-refractivity contribution in [3.8, 4) is 11.1 Å². The number of nitrogens with two attached hydrogens (primary N) is 2. The van der Waals surface area contributed by atoms with E-state index >= 15 is 0 Å². The lowest BCUT2D eigenvalue weighted by Gasteiger charge is -2.29. The van der Waals surface area contributed by atoms with Crippen LogP contribution in [0.25, 0.3) is 16.8 Å². The Morgan fingerprint density at radius 1 is 1.21 bits per heavy atom. The third-order valence-electron chi connectivity index (χ3n) is 3.71. The summed E-state index contributed by atoms with van der Waals surface area (Å²) in [5, 5.41) is 9.62. The van der Waals surface area contributed by atoms with Crippen LogP contribution >= 0.6 is 15.9 Å². The molecule has 0 spiro atoms. The van der Waals surface area contributed by atoms with Gasteiger partial charge in [-0.25, -0.2) is 5.84 Å². The maximum absolute atomic E-state index is 6.33. The fraction of sp³-hybridized carbons (Fsp3) is 0.294. The van der Waals surface area contributed by atoms with Crippen LogP contribution in [-0.2, 0) is 0 Å². The van der Waals surface area contributed by atoms with Gasteiger partial charge >= 0.3 is 0 Å². The molecule has 7 heteroatoms. The number of pyridine rings is 1. The van der Waals surface area contributed by atoms with E-state index < -0.39 is 0 Å².